The average molecular weight is 231 g/mol. The summed E-state index contributed by atoms with van der Waals surface area (Å²) >= 11 is 1.76. The first kappa shape index (κ1) is 12.5. The van der Waals surface area contributed by atoms with E-state index in [0.29, 0.717) is 18.9 Å². The summed E-state index contributed by atoms with van der Waals surface area (Å²) in [6.45, 7) is 2.60. The maximum Gasteiger partial charge on any atom is 0.228 e. The van der Waals surface area contributed by atoms with Crippen LogP contribution in [-0.4, -0.2) is 35.7 Å². The Hall–Kier alpha value is -0.590. The van der Waals surface area contributed by atoms with Crippen LogP contribution in [-0.2, 0) is 16.9 Å². The van der Waals surface area contributed by atoms with Gasteiger partial charge >= 0.3 is 0 Å². The molecule has 1 unspecified atom stereocenters. The van der Waals surface area contributed by atoms with E-state index < -0.39 is 0 Å². The third-order valence-corrected chi connectivity index (χ3v) is 2.63. The van der Waals surface area contributed by atoms with Gasteiger partial charge in [-0.05, 0) is 5.75 Å². The normalized spacial score (nSPS) is 13.0. The Morgan fingerprint density at radius 2 is 2.40 bits per heavy atom. The molecule has 0 spiro atoms. The van der Waals surface area contributed by atoms with Gasteiger partial charge in [-0.3, -0.25) is 0 Å². The number of hydrogen-bond donors (Lipinski definition) is 1. The van der Waals surface area contributed by atoms with Crippen molar-refractivity contribution in [3.63, 3.8) is 0 Å². The molecule has 86 valence electrons. The van der Waals surface area contributed by atoms with Crippen molar-refractivity contribution >= 4 is 11.8 Å². The van der Waals surface area contributed by atoms with Crippen molar-refractivity contribution in [1.29, 1.82) is 0 Å². The molecule has 0 amide bonds. The van der Waals surface area contributed by atoms with Crippen LogP contribution in [0.1, 0.15) is 18.6 Å². The molecule has 0 bridgehead atoms. The number of nitrogens with two attached hydrogens (primary N) is 1. The van der Waals surface area contributed by atoms with E-state index in [1.807, 2.05) is 0 Å². The summed E-state index contributed by atoms with van der Waals surface area (Å²) in [6, 6.07) is -0.0814. The third-order valence-electron chi connectivity index (χ3n) is 1.76. The number of hydrogen-bond acceptors (Lipinski definition) is 6. The van der Waals surface area contributed by atoms with Gasteiger partial charge in [-0.25, -0.2) is 0 Å². The largest absolute Gasteiger partial charge is 0.383 e. The van der Waals surface area contributed by atoms with Gasteiger partial charge in [0.25, 0.3) is 0 Å². The molecule has 6 heteroatoms. The summed E-state index contributed by atoms with van der Waals surface area (Å²) < 4.78 is 10.00. The second-order valence-corrected chi connectivity index (χ2v) is 4.44. The summed E-state index contributed by atoms with van der Waals surface area (Å²) in [4.78, 5) is 4.24. The van der Waals surface area contributed by atoms with Crippen molar-refractivity contribution in [2.75, 3.05) is 19.5 Å². The number of thioether (sulfide) groups is 1. The SMILES string of the molecule is CCSCc1noc(CC(N)COC)n1. The van der Waals surface area contributed by atoms with E-state index in [1.54, 1.807) is 18.9 Å². The quantitative estimate of drug-likeness (QED) is 0.749. The van der Waals surface area contributed by atoms with E-state index in [1.165, 1.54) is 0 Å². The zero-order valence-corrected chi connectivity index (χ0v) is 9.92. The zero-order valence-electron chi connectivity index (χ0n) is 9.10. The van der Waals surface area contributed by atoms with E-state index in [4.69, 9.17) is 15.0 Å². The predicted molar refractivity (Wildman–Crippen MR) is 59.7 cm³/mol. The topological polar surface area (TPSA) is 74.2 Å². The fraction of sp³-hybridized carbons (Fsp3) is 0.778. The van der Waals surface area contributed by atoms with Gasteiger partial charge in [-0.2, -0.15) is 16.7 Å². The molecule has 0 saturated carbocycles. The van der Waals surface area contributed by atoms with Gasteiger partial charge in [-0.1, -0.05) is 12.1 Å². The molecule has 2 N–H and O–H groups in total. The van der Waals surface area contributed by atoms with Crippen LogP contribution in [0.5, 0.6) is 0 Å². The first-order valence-electron chi connectivity index (χ1n) is 4.90. The molecule has 1 rings (SSSR count). The minimum Gasteiger partial charge on any atom is -0.383 e. The summed E-state index contributed by atoms with van der Waals surface area (Å²) in [5.41, 5.74) is 5.77. The number of rotatable bonds is 7. The Balaban J connectivity index is 2.38. The van der Waals surface area contributed by atoms with Crippen molar-refractivity contribution in [1.82, 2.24) is 10.1 Å². The molecule has 1 aromatic heterocycles. The predicted octanol–water partition coefficient (Wildman–Crippen LogP) is 0.839. The van der Waals surface area contributed by atoms with Gasteiger partial charge < -0.3 is 15.0 Å². The van der Waals surface area contributed by atoms with Crippen molar-refractivity contribution in [3.8, 4) is 0 Å². The molecule has 1 aromatic rings. The minimum atomic E-state index is -0.0814. The highest BCUT2D eigenvalue weighted by atomic mass is 32.2. The summed E-state index contributed by atoms with van der Waals surface area (Å²) in [5.74, 6) is 3.17. The standard InChI is InChI=1S/C9H17N3O2S/c1-3-15-6-8-11-9(14-12-8)4-7(10)5-13-2/h7H,3-6,10H2,1-2H3. The van der Waals surface area contributed by atoms with Crippen LogP contribution in [0.3, 0.4) is 0 Å². The van der Waals surface area contributed by atoms with Crippen molar-refractivity contribution in [2.24, 2.45) is 5.73 Å². The Kier molecular flexibility index (Phi) is 5.67. The molecule has 0 radical (unpaired) electrons. The number of aromatic nitrogens is 2. The lowest BCUT2D eigenvalue weighted by atomic mass is 10.2. The summed E-state index contributed by atoms with van der Waals surface area (Å²) in [6.07, 6.45) is 0.567. The molecule has 1 heterocycles. The highest BCUT2D eigenvalue weighted by molar-refractivity contribution is 7.98. The van der Waals surface area contributed by atoms with Crippen LogP contribution < -0.4 is 5.73 Å². The molecule has 15 heavy (non-hydrogen) atoms. The Morgan fingerprint density at radius 1 is 1.60 bits per heavy atom. The maximum atomic E-state index is 5.77. The van der Waals surface area contributed by atoms with Gasteiger partial charge in [0.2, 0.25) is 5.89 Å². The lowest BCUT2D eigenvalue weighted by Gasteiger charge is -2.05. The Bertz CT molecular complexity index is 280. The van der Waals surface area contributed by atoms with Crippen LogP contribution in [0.2, 0.25) is 0 Å². The molecule has 5 nitrogen and oxygen atoms in total. The van der Waals surface area contributed by atoms with E-state index in [2.05, 4.69) is 17.1 Å². The lowest BCUT2D eigenvalue weighted by molar-refractivity contribution is 0.176. The number of ether oxygens (including phenoxy) is 1. The van der Waals surface area contributed by atoms with Gasteiger partial charge in [0, 0.05) is 19.6 Å². The van der Waals surface area contributed by atoms with Gasteiger partial charge in [-0.15, -0.1) is 0 Å². The third kappa shape index (κ3) is 4.63. The first-order valence-corrected chi connectivity index (χ1v) is 6.05. The van der Waals surface area contributed by atoms with E-state index in [9.17, 15) is 0 Å². The van der Waals surface area contributed by atoms with Crippen molar-refractivity contribution in [3.05, 3.63) is 11.7 Å². The highest BCUT2D eigenvalue weighted by Gasteiger charge is 2.10. The van der Waals surface area contributed by atoms with Crippen molar-refractivity contribution in [2.45, 2.75) is 25.1 Å². The monoisotopic (exact) mass is 231 g/mol. The lowest BCUT2D eigenvalue weighted by Crippen LogP contribution is -2.28. The van der Waals surface area contributed by atoms with Gasteiger partial charge in [0.1, 0.15) is 0 Å². The van der Waals surface area contributed by atoms with E-state index in [0.717, 1.165) is 17.3 Å². The fourth-order valence-corrected chi connectivity index (χ4v) is 1.63. The second-order valence-electron chi connectivity index (χ2n) is 3.16. The maximum absolute atomic E-state index is 5.77. The van der Waals surface area contributed by atoms with Gasteiger partial charge in [0.05, 0.1) is 12.4 Å². The van der Waals surface area contributed by atoms with Crippen LogP contribution in [0.15, 0.2) is 4.52 Å². The van der Waals surface area contributed by atoms with Crippen molar-refractivity contribution < 1.29 is 9.26 Å². The smallest absolute Gasteiger partial charge is 0.228 e. The van der Waals surface area contributed by atoms with Crippen LogP contribution >= 0.6 is 11.8 Å². The van der Waals surface area contributed by atoms with Crippen LogP contribution in [0.4, 0.5) is 0 Å². The first-order chi connectivity index (χ1) is 7.26. The fourth-order valence-electron chi connectivity index (χ4n) is 1.12. The molecule has 0 aliphatic heterocycles. The van der Waals surface area contributed by atoms with E-state index in [-0.39, 0.29) is 6.04 Å². The second kappa shape index (κ2) is 6.81. The van der Waals surface area contributed by atoms with Crippen LogP contribution in [0, 0.1) is 0 Å². The minimum absolute atomic E-state index is 0.0814. The molecule has 0 saturated heterocycles. The number of methoxy groups -OCH3 is 1. The summed E-state index contributed by atoms with van der Waals surface area (Å²) in [7, 11) is 1.62. The molecule has 1 atom stereocenters. The molecule has 0 aliphatic rings. The molecule has 0 fully saturated rings. The molecule has 0 aromatic carbocycles. The van der Waals surface area contributed by atoms with Gasteiger partial charge in [0.15, 0.2) is 5.82 Å². The molecule has 0 aliphatic carbocycles. The zero-order chi connectivity index (χ0) is 11.1. The molecular formula is C9H17N3O2S. The average Bonchev–Trinajstić information content (AvgIpc) is 2.63. The Labute approximate surface area is 93.7 Å². The molecular weight excluding hydrogens is 214 g/mol. The highest BCUT2D eigenvalue weighted by Crippen LogP contribution is 2.09. The van der Waals surface area contributed by atoms with Crippen LogP contribution in [0.25, 0.3) is 0 Å². The summed E-state index contributed by atoms with van der Waals surface area (Å²) in [5, 5.41) is 3.86. The Morgan fingerprint density at radius 3 is 3.07 bits per heavy atom. The van der Waals surface area contributed by atoms with E-state index >= 15 is 0 Å². The number of nitrogens with zero attached hydrogens (tertiary/aromatic N) is 2.